The first kappa shape index (κ1) is 18.2. The highest BCUT2D eigenvalue weighted by molar-refractivity contribution is 9.10. The predicted molar refractivity (Wildman–Crippen MR) is 89.3 cm³/mol. The Bertz CT molecular complexity index is 693. The summed E-state index contributed by atoms with van der Waals surface area (Å²) < 4.78 is 35.1. The molecule has 2 aromatic rings. The van der Waals surface area contributed by atoms with Gasteiger partial charge < -0.3 is 14.8 Å². The first-order valence-electron chi connectivity index (χ1n) is 7.11. The Hall–Kier alpha value is -2.15. The van der Waals surface area contributed by atoms with Gasteiger partial charge in [-0.3, -0.25) is 4.79 Å². The van der Waals surface area contributed by atoms with Crippen LogP contribution >= 0.6 is 15.9 Å². The summed E-state index contributed by atoms with van der Waals surface area (Å²) in [5.41, 5.74) is 1.52. The van der Waals surface area contributed by atoms with Crippen molar-refractivity contribution in [1.29, 1.82) is 0 Å². The van der Waals surface area contributed by atoms with Gasteiger partial charge >= 0.3 is 6.61 Å². The van der Waals surface area contributed by atoms with Crippen LogP contribution in [0.4, 0.5) is 8.78 Å². The topological polar surface area (TPSA) is 47.6 Å². The summed E-state index contributed by atoms with van der Waals surface area (Å²) in [5.74, 6) is -0.0168. The second kappa shape index (κ2) is 8.63. The lowest BCUT2D eigenvalue weighted by Crippen LogP contribution is -2.24. The minimum absolute atomic E-state index is 0.0628. The Morgan fingerprint density at radius 1 is 1.12 bits per heavy atom. The maximum atomic E-state index is 12.4. The largest absolute Gasteiger partial charge is 0.493 e. The van der Waals surface area contributed by atoms with Crippen molar-refractivity contribution in [3.63, 3.8) is 0 Å². The molecular weight excluding hydrogens is 384 g/mol. The van der Waals surface area contributed by atoms with E-state index in [1.165, 1.54) is 19.2 Å². The molecule has 0 fully saturated rings. The van der Waals surface area contributed by atoms with Crippen LogP contribution in [0.3, 0.4) is 0 Å². The monoisotopic (exact) mass is 399 g/mol. The van der Waals surface area contributed by atoms with Crippen molar-refractivity contribution in [2.45, 2.75) is 19.6 Å². The van der Waals surface area contributed by atoms with Gasteiger partial charge in [-0.15, -0.1) is 0 Å². The molecule has 0 unspecified atom stereocenters. The van der Waals surface area contributed by atoms with E-state index in [1.807, 2.05) is 24.3 Å². The average molecular weight is 400 g/mol. The molecule has 1 amide bonds. The van der Waals surface area contributed by atoms with E-state index in [9.17, 15) is 13.6 Å². The van der Waals surface area contributed by atoms with Crippen LogP contribution in [-0.2, 0) is 17.8 Å². The molecule has 0 saturated heterocycles. The molecule has 0 radical (unpaired) electrons. The van der Waals surface area contributed by atoms with Crippen LogP contribution in [0.1, 0.15) is 11.1 Å². The molecule has 0 aromatic heterocycles. The zero-order valence-electron chi connectivity index (χ0n) is 12.9. The van der Waals surface area contributed by atoms with E-state index in [2.05, 4.69) is 26.0 Å². The van der Waals surface area contributed by atoms with Gasteiger partial charge in [0.2, 0.25) is 5.91 Å². The number of benzene rings is 2. The van der Waals surface area contributed by atoms with E-state index in [0.29, 0.717) is 5.56 Å². The number of carbonyl (C=O) groups is 1. The highest BCUT2D eigenvalue weighted by atomic mass is 79.9. The molecule has 0 aliphatic heterocycles. The Kier molecular flexibility index (Phi) is 6.54. The zero-order chi connectivity index (χ0) is 17.5. The Balaban J connectivity index is 1.95. The Morgan fingerprint density at radius 3 is 2.42 bits per heavy atom. The first-order valence-corrected chi connectivity index (χ1v) is 7.90. The molecule has 2 rings (SSSR count). The number of hydrogen-bond acceptors (Lipinski definition) is 3. The van der Waals surface area contributed by atoms with E-state index < -0.39 is 6.61 Å². The summed E-state index contributed by atoms with van der Waals surface area (Å²) in [5, 5.41) is 2.75. The molecule has 0 atom stereocenters. The number of nitrogens with one attached hydrogen (secondary N) is 1. The third-order valence-corrected chi connectivity index (χ3v) is 3.74. The summed E-state index contributed by atoms with van der Waals surface area (Å²) >= 11 is 3.33. The summed E-state index contributed by atoms with van der Waals surface area (Å²) in [7, 11) is 1.37. The number of amides is 1. The van der Waals surface area contributed by atoms with Gasteiger partial charge in [-0.05, 0) is 35.4 Å². The van der Waals surface area contributed by atoms with Crippen LogP contribution < -0.4 is 14.8 Å². The van der Waals surface area contributed by atoms with E-state index in [0.717, 1.165) is 10.0 Å². The number of hydrogen-bond donors (Lipinski definition) is 1. The summed E-state index contributed by atoms with van der Waals surface area (Å²) in [4.78, 5) is 12.0. The fourth-order valence-corrected chi connectivity index (χ4v) is 2.33. The second-order valence-corrected chi connectivity index (χ2v) is 5.86. The van der Waals surface area contributed by atoms with Gasteiger partial charge in [-0.2, -0.15) is 8.78 Å². The fraction of sp³-hybridized carbons (Fsp3) is 0.235. The van der Waals surface area contributed by atoms with Crippen molar-refractivity contribution < 1.29 is 23.0 Å². The molecule has 0 saturated carbocycles. The van der Waals surface area contributed by atoms with E-state index in [1.54, 1.807) is 6.07 Å². The van der Waals surface area contributed by atoms with Gasteiger partial charge in [0, 0.05) is 11.0 Å². The lowest BCUT2D eigenvalue weighted by atomic mass is 10.1. The maximum Gasteiger partial charge on any atom is 0.387 e. The number of alkyl halides is 2. The van der Waals surface area contributed by atoms with E-state index in [-0.39, 0.29) is 30.4 Å². The molecule has 7 heteroatoms. The average Bonchev–Trinajstić information content (AvgIpc) is 2.55. The SMILES string of the molecule is COc1ccc(CNC(=O)Cc2ccc(Br)cc2)cc1OC(F)F. The van der Waals surface area contributed by atoms with Crippen LogP contribution in [-0.4, -0.2) is 19.6 Å². The molecule has 1 N–H and O–H groups in total. The van der Waals surface area contributed by atoms with Crippen molar-refractivity contribution in [3.8, 4) is 11.5 Å². The van der Waals surface area contributed by atoms with Crippen LogP contribution in [0, 0.1) is 0 Å². The highest BCUT2D eigenvalue weighted by Crippen LogP contribution is 2.29. The molecule has 0 heterocycles. The molecule has 0 bridgehead atoms. The maximum absolute atomic E-state index is 12.4. The van der Waals surface area contributed by atoms with Gasteiger partial charge in [0.25, 0.3) is 0 Å². The number of rotatable bonds is 7. The number of ether oxygens (including phenoxy) is 2. The Labute approximate surface area is 146 Å². The predicted octanol–water partition coefficient (Wildman–Crippen LogP) is 3.92. The quantitative estimate of drug-likeness (QED) is 0.767. The van der Waals surface area contributed by atoms with E-state index in [4.69, 9.17) is 4.74 Å². The number of carbonyl (C=O) groups excluding carboxylic acids is 1. The molecule has 24 heavy (non-hydrogen) atoms. The molecule has 4 nitrogen and oxygen atoms in total. The summed E-state index contributed by atoms with van der Waals surface area (Å²) in [6.07, 6.45) is 0.240. The lowest BCUT2D eigenvalue weighted by molar-refractivity contribution is -0.120. The van der Waals surface area contributed by atoms with Gasteiger partial charge in [0.05, 0.1) is 13.5 Å². The Morgan fingerprint density at radius 2 is 1.79 bits per heavy atom. The van der Waals surface area contributed by atoms with Crippen LogP contribution in [0.25, 0.3) is 0 Å². The second-order valence-electron chi connectivity index (χ2n) is 4.94. The summed E-state index contributed by atoms with van der Waals surface area (Å²) in [6.45, 7) is -2.74. The van der Waals surface area contributed by atoms with Crippen molar-refractivity contribution in [2.75, 3.05) is 7.11 Å². The highest BCUT2D eigenvalue weighted by Gasteiger charge is 2.12. The van der Waals surface area contributed by atoms with Gasteiger partial charge in [0.15, 0.2) is 11.5 Å². The van der Waals surface area contributed by atoms with E-state index >= 15 is 0 Å². The van der Waals surface area contributed by atoms with Crippen LogP contribution in [0.2, 0.25) is 0 Å². The van der Waals surface area contributed by atoms with Gasteiger partial charge in [-0.25, -0.2) is 0 Å². The fourth-order valence-electron chi connectivity index (χ4n) is 2.07. The lowest BCUT2D eigenvalue weighted by Gasteiger charge is -2.12. The number of methoxy groups -OCH3 is 1. The third kappa shape index (κ3) is 5.49. The van der Waals surface area contributed by atoms with Crippen molar-refractivity contribution in [2.24, 2.45) is 0 Å². The molecule has 0 spiro atoms. The molecule has 0 aliphatic carbocycles. The molecule has 0 aliphatic rings. The smallest absolute Gasteiger partial charge is 0.387 e. The molecule has 2 aromatic carbocycles. The minimum atomic E-state index is -2.94. The van der Waals surface area contributed by atoms with Crippen LogP contribution in [0.15, 0.2) is 46.9 Å². The normalized spacial score (nSPS) is 10.5. The minimum Gasteiger partial charge on any atom is -0.493 e. The van der Waals surface area contributed by atoms with Crippen molar-refractivity contribution >= 4 is 21.8 Å². The number of halogens is 3. The first-order chi connectivity index (χ1) is 11.5. The third-order valence-electron chi connectivity index (χ3n) is 3.21. The summed E-state index contributed by atoms with van der Waals surface area (Å²) in [6, 6.07) is 12.0. The zero-order valence-corrected chi connectivity index (χ0v) is 14.5. The molecule has 128 valence electrons. The van der Waals surface area contributed by atoms with Crippen LogP contribution in [0.5, 0.6) is 11.5 Å². The van der Waals surface area contributed by atoms with Gasteiger partial charge in [-0.1, -0.05) is 34.1 Å². The van der Waals surface area contributed by atoms with Gasteiger partial charge in [0.1, 0.15) is 0 Å². The molecular formula is C17H16BrF2NO3. The van der Waals surface area contributed by atoms with Crippen molar-refractivity contribution in [3.05, 3.63) is 58.1 Å². The standard InChI is InChI=1S/C17H16BrF2NO3/c1-23-14-7-4-12(8-15(14)24-17(19)20)10-21-16(22)9-11-2-5-13(18)6-3-11/h2-8,17H,9-10H2,1H3,(H,21,22). The van der Waals surface area contributed by atoms with Crippen molar-refractivity contribution in [1.82, 2.24) is 5.32 Å².